The molecule has 7 heteroatoms. The molecule has 0 saturated heterocycles. The number of nitrogens with zero attached hydrogens (tertiary/aromatic N) is 5. The Balaban J connectivity index is 2.07. The van der Waals surface area contributed by atoms with E-state index >= 15 is 0 Å². The summed E-state index contributed by atoms with van der Waals surface area (Å²) >= 11 is 5.91. The van der Waals surface area contributed by atoms with Crippen LogP contribution < -0.4 is 5.73 Å². The second-order valence-electron chi connectivity index (χ2n) is 6.12. The summed E-state index contributed by atoms with van der Waals surface area (Å²) in [7, 11) is 0. The van der Waals surface area contributed by atoms with E-state index in [2.05, 4.69) is 16.0 Å². The first-order valence-electron chi connectivity index (χ1n) is 8.28. The minimum Gasteiger partial charge on any atom is -0.383 e. The lowest BCUT2D eigenvalue weighted by Crippen LogP contribution is -2.02. The molecular formula is C20H15ClN6. The fraction of sp³-hybridized carbons (Fsp3) is 0.100. The maximum Gasteiger partial charge on any atom is 0.166 e. The molecule has 0 spiro atoms. The van der Waals surface area contributed by atoms with E-state index in [9.17, 15) is 5.26 Å². The van der Waals surface area contributed by atoms with Crippen LogP contribution in [0.2, 0.25) is 0 Å². The third kappa shape index (κ3) is 2.88. The quantitative estimate of drug-likeness (QED) is 0.547. The summed E-state index contributed by atoms with van der Waals surface area (Å²) in [5.41, 5.74) is 11.1. The number of hydrogen-bond acceptors (Lipinski definition) is 5. The number of aromatic nitrogens is 4. The number of halogens is 1. The number of imidazole rings is 1. The smallest absolute Gasteiger partial charge is 0.166 e. The molecule has 27 heavy (non-hydrogen) atoms. The third-order valence-electron chi connectivity index (χ3n) is 4.36. The highest BCUT2D eigenvalue weighted by Crippen LogP contribution is 2.31. The number of nitrogens with two attached hydrogens (primary N) is 1. The monoisotopic (exact) mass is 374 g/mol. The number of fused-ring (bicyclic) bond motifs is 1. The molecule has 0 amide bonds. The SMILES string of the molecule is Cc1cc2nc(-c3cccnc3N)n(-c3ccc(CCl)cc3)c2nc1C#N. The van der Waals surface area contributed by atoms with Crippen LogP contribution in [0.3, 0.4) is 0 Å². The van der Waals surface area contributed by atoms with E-state index in [4.69, 9.17) is 22.3 Å². The predicted octanol–water partition coefficient (Wildman–Crippen LogP) is 3.98. The molecule has 3 heterocycles. The highest BCUT2D eigenvalue weighted by Gasteiger charge is 2.19. The first-order chi connectivity index (χ1) is 13.1. The largest absolute Gasteiger partial charge is 0.383 e. The molecule has 3 aromatic heterocycles. The molecule has 0 saturated carbocycles. The van der Waals surface area contributed by atoms with Gasteiger partial charge in [0.15, 0.2) is 11.5 Å². The van der Waals surface area contributed by atoms with E-state index in [1.807, 2.05) is 54.0 Å². The van der Waals surface area contributed by atoms with Gasteiger partial charge in [-0.3, -0.25) is 4.57 Å². The molecule has 0 unspecified atom stereocenters. The van der Waals surface area contributed by atoms with Crippen molar-refractivity contribution in [1.82, 2.24) is 19.5 Å². The number of benzene rings is 1. The molecule has 0 bridgehead atoms. The highest BCUT2D eigenvalue weighted by molar-refractivity contribution is 6.17. The summed E-state index contributed by atoms with van der Waals surface area (Å²) in [6.07, 6.45) is 1.64. The van der Waals surface area contributed by atoms with Crippen molar-refractivity contribution < 1.29 is 0 Å². The molecule has 6 nitrogen and oxygen atoms in total. The lowest BCUT2D eigenvalue weighted by molar-refractivity contribution is 1.07. The molecule has 1 aromatic carbocycles. The van der Waals surface area contributed by atoms with Gasteiger partial charge < -0.3 is 5.73 Å². The topological polar surface area (TPSA) is 93.4 Å². The maximum absolute atomic E-state index is 9.39. The zero-order valence-corrected chi connectivity index (χ0v) is 15.3. The van der Waals surface area contributed by atoms with E-state index in [1.165, 1.54) is 0 Å². The van der Waals surface area contributed by atoms with Crippen molar-refractivity contribution in [2.24, 2.45) is 0 Å². The van der Waals surface area contributed by atoms with Crippen LogP contribution in [0.25, 0.3) is 28.2 Å². The van der Waals surface area contributed by atoms with Crippen LogP contribution >= 0.6 is 11.6 Å². The number of nitriles is 1. The minimum atomic E-state index is 0.367. The van der Waals surface area contributed by atoms with E-state index in [1.54, 1.807) is 6.20 Å². The molecule has 0 fully saturated rings. The van der Waals surface area contributed by atoms with Gasteiger partial charge >= 0.3 is 0 Å². The molecule has 0 aliphatic heterocycles. The van der Waals surface area contributed by atoms with Gasteiger partial charge in [0.2, 0.25) is 0 Å². The van der Waals surface area contributed by atoms with Gasteiger partial charge in [-0.25, -0.2) is 15.0 Å². The Morgan fingerprint density at radius 1 is 1.19 bits per heavy atom. The number of alkyl halides is 1. The highest BCUT2D eigenvalue weighted by atomic mass is 35.5. The van der Waals surface area contributed by atoms with Gasteiger partial charge in [0.1, 0.15) is 23.1 Å². The van der Waals surface area contributed by atoms with Crippen LogP contribution in [0.15, 0.2) is 48.7 Å². The van der Waals surface area contributed by atoms with Gasteiger partial charge in [0, 0.05) is 17.8 Å². The van der Waals surface area contributed by atoms with E-state index in [-0.39, 0.29) is 0 Å². The van der Waals surface area contributed by atoms with Gasteiger partial charge in [0.05, 0.1) is 5.56 Å². The predicted molar refractivity (Wildman–Crippen MR) is 106 cm³/mol. The summed E-state index contributed by atoms with van der Waals surface area (Å²) < 4.78 is 1.89. The van der Waals surface area contributed by atoms with E-state index in [0.717, 1.165) is 16.8 Å². The number of aryl methyl sites for hydroxylation is 1. The van der Waals surface area contributed by atoms with Crippen LogP contribution in [0.1, 0.15) is 16.8 Å². The van der Waals surface area contributed by atoms with Gasteiger partial charge in [-0.15, -0.1) is 11.6 Å². The Kier molecular flexibility index (Phi) is 4.22. The van der Waals surface area contributed by atoms with Crippen molar-refractivity contribution in [2.45, 2.75) is 12.8 Å². The molecule has 4 aromatic rings. The Labute approximate surface area is 160 Å². The number of hydrogen-bond donors (Lipinski definition) is 1. The Morgan fingerprint density at radius 3 is 2.63 bits per heavy atom. The molecule has 0 atom stereocenters. The van der Waals surface area contributed by atoms with E-state index < -0.39 is 0 Å². The van der Waals surface area contributed by atoms with Crippen LogP contribution in [-0.2, 0) is 5.88 Å². The molecule has 0 aliphatic rings. The van der Waals surface area contributed by atoms with Crippen LogP contribution in [0.5, 0.6) is 0 Å². The Bertz CT molecular complexity index is 1190. The zero-order chi connectivity index (χ0) is 19.0. The van der Waals surface area contributed by atoms with E-state index in [0.29, 0.717) is 39.9 Å². The standard InChI is InChI=1S/C20H15ClN6/c1-12-9-16-20(26-17(12)11-22)27(14-6-4-13(10-21)5-7-14)19(25-16)15-3-2-8-24-18(15)23/h2-9H,10H2,1H3,(H2,23,24). The van der Waals surface area contributed by atoms with Gasteiger partial charge in [-0.1, -0.05) is 12.1 Å². The molecule has 0 radical (unpaired) electrons. The van der Waals surface area contributed by atoms with Gasteiger partial charge in [0.25, 0.3) is 0 Å². The third-order valence-corrected chi connectivity index (χ3v) is 4.67. The lowest BCUT2D eigenvalue weighted by atomic mass is 10.2. The lowest BCUT2D eigenvalue weighted by Gasteiger charge is -2.11. The summed E-state index contributed by atoms with van der Waals surface area (Å²) in [4.78, 5) is 13.5. The normalized spacial score (nSPS) is 10.9. The number of rotatable bonds is 3. The van der Waals surface area contributed by atoms with Gasteiger partial charge in [-0.05, 0) is 48.4 Å². The van der Waals surface area contributed by atoms with Crippen molar-refractivity contribution in [3.05, 3.63) is 65.5 Å². The molecular weight excluding hydrogens is 360 g/mol. The summed E-state index contributed by atoms with van der Waals surface area (Å²) in [6, 6.07) is 15.5. The summed E-state index contributed by atoms with van der Waals surface area (Å²) in [6.45, 7) is 1.84. The van der Waals surface area contributed by atoms with Gasteiger partial charge in [-0.2, -0.15) is 5.26 Å². The zero-order valence-electron chi connectivity index (χ0n) is 14.5. The van der Waals surface area contributed by atoms with Crippen LogP contribution in [0, 0.1) is 18.3 Å². The van der Waals surface area contributed by atoms with Crippen molar-refractivity contribution in [1.29, 1.82) is 5.26 Å². The fourth-order valence-corrected chi connectivity index (χ4v) is 3.16. The first-order valence-corrected chi connectivity index (χ1v) is 8.82. The minimum absolute atomic E-state index is 0.367. The average Bonchev–Trinajstić information content (AvgIpc) is 3.05. The summed E-state index contributed by atoms with van der Waals surface area (Å²) in [5.74, 6) is 1.43. The van der Waals surface area contributed by atoms with Crippen molar-refractivity contribution in [2.75, 3.05) is 5.73 Å². The fourth-order valence-electron chi connectivity index (χ4n) is 2.98. The number of nitrogen functional groups attached to an aromatic ring is 1. The maximum atomic E-state index is 9.39. The number of anilines is 1. The summed E-state index contributed by atoms with van der Waals surface area (Å²) in [5, 5.41) is 9.39. The molecule has 2 N–H and O–H groups in total. The Morgan fingerprint density at radius 2 is 1.96 bits per heavy atom. The van der Waals surface area contributed by atoms with Crippen LogP contribution in [0.4, 0.5) is 5.82 Å². The average molecular weight is 375 g/mol. The second-order valence-corrected chi connectivity index (χ2v) is 6.38. The van der Waals surface area contributed by atoms with Crippen molar-refractivity contribution in [3.63, 3.8) is 0 Å². The molecule has 0 aliphatic carbocycles. The molecule has 132 valence electrons. The molecule has 4 rings (SSSR count). The van der Waals surface area contributed by atoms with Crippen molar-refractivity contribution >= 4 is 28.6 Å². The number of pyridine rings is 2. The first kappa shape index (κ1) is 17.0. The van der Waals surface area contributed by atoms with Crippen LogP contribution in [-0.4, -0.2) is 19.5 Å². The van der Waals surface area contributed by atoms with Crippen molar-refractivity contribution in [3.8, 4) is 23.1 Å². The second kappa shape index (κ2) is 6.71. The Hall–Kier alpha value is -3.43.